The second kappa shape index (κ2) is 8.00. The molecule has 1 fully saturated rings. The van der Waals surface area contributed by atoms with Crippen LogP contribution < -0.4 is 10.5 Å². The third-order valence-corrected chi connectivity index (χ3v) is 4.04. The van der Waals surface area contributed by atoms with E-state index in [2.05, 4.69) is 4.90 Å². The summed E-state index contributed by atoms with van der Waals surface area (Å²) in [5, 5.41) is 16.5. The number of amidine groups is 1. The summed E-state index contributed by atoms with van der Waals surface area (Å²) in [6, 6.07) is 7.85. The van der Waals surface area contributed by atoms with Gasteiger partial charge >= 0.3 is 0 Å². The standard InChI is InChI=1S/C16H25N3O2/c17-16(18)13-5-7-15(8-6-13)21-12-10-19(9-11-20)14-3-1-2-4-14/h5-8,14,20H,1-4,9-12H2,(H3,17,18). The first-order valence-corrected chi connectivity index (χ1v) is 7.63. The van der Waals surface area contributed by atoms with Crippen LogP contribution >= 0.6 is 0 Å². The Morgan fingerprint density at radius 1 is 1.24 bits per heavy atom. The molecule has 5 nitrogen and oxygen atoms in total. The van der Waals surface area contributed by atoms with Crippen LogP contribution in [0, 0.1) is 5.41 Å². The Morgan fingerprint density at radius 2 is 1.90 bits per heavy atom. The van der Waals surface area contributed by atoms with Crippen molar-refractivity contribution in [3.63, 3.8) is 0 Å². The Labute approximate surface area is 126 Å². The number of nitrogens with two attached hydrogens (primary N) is 1. The molecule has 0 aromatic heterocycles. The van der Waals surface area contributed by atoms with Crippen LogP contribution in [0.4, 0.5) is 0 Å². The van der Waals surface area contributed by atoms with Crippen LogP contribution in [0.25, 0.3) is 0 Å². The number of nitrogens with zero attached hydrogens (tertiary/aromatic N) is 1. The van der Waals surface area contributed by atoms with Crippen LogP contribution in [0.3, 0.4) is 0 Å². The number of benzene rings is 1. The van der Waals surface area contributed by atoms with Crippen molar-refractivity contribution >= 4 is 5.84 Å². The number of aliphatic hydroxyl groups is 1. The van der Waals surface area contributed by atoms with E-state index in [9.17, 15) is 5.11 Å². The van der Waals surface area contributed by atoms with Crippen molar-refractivity contribution in [2.45, 2.75) is 31.7 Å². The molecule has 2 rings (SSSR count). The SMILES string of the molecule is N=C(N)c1ccc(OCCN(CCO)C2CCCC2)cc1. The normalized spacial score (nSPS) is 15.5. The quantitative estimate of drug-likeness (QED) is 0.502. The fourth-order valence-corrected chi connectivity index (χ4v) is 2.89. The van der Waals surface area contributed by atoms with E-state index >= 15 is 0 Å². The molecule has 0 radical (unpaired) electrons. The van der Waals surface area contributed by atoms with Crippen molar-refractivity contribution in [3.05, 3.63) is 29.8 Å². The number of hydrogen-bond donors (Lipinski definition) is 3. The molecule has 21 heavy (non-hydrogen) atoms. The lowest BCUT2D eigenvalue weighted by Crippen LogP contribution is -2.38. The van der Waals surface area contributed by atoms with Gasteiger partial charge in [0.05, 0.1) is 6.61 Å². The molecular weight excluding hydrogens is 266 g/mol. The maximum atomic E-state index is 9.18. The number of rotatable bonds is 8. The average Bonchev–Trinajstić information content (AvgIpc) is 3.01. The highest BCUT2D eigenvalue weighted by molar-refractivity contribution is 5.94. The van der Waals surface area contributed by atoms with Crippen molar-refractivity contribution in [1.82, 2.24) is 4.90 Å². The molecule has 0 aliphatic heterocycles. The van der Waals surface area contributed by atoms with Gasteiger partial charge in [0, 0.05) is 24.7 Å². The molecule has 0 unspecified atom stereocenters. The predicted octanol–water partition coefficient (Wildman–Crippen LogP) is 1.59. The van der Waals surface area contributed by atoms with Gasteiger partial charge in [-0.05, 0) is 37.1 Å². The first-order chi connectivity index (χ1) is 10.2. The van der Waals surface area contributed by atoms with Crippen molar-refractivity contribution in [2.24, 2.45) is 5.73 Å². The minimum atomic E-state index is 0.0666. The fourth-order valence-electron chi connectivity index (χ4n) is 2.89. The van der Waals surface area contributed by atoms with Gasteiger partial charge in [-0.15, -0.1) is 0 Å². The largest absolute Gasteiger partial charge is 0.492 e. The minimum Gasteiger partial charge on any atom is -0.492 e. The van der Waals surface area contributed by atoms with Gasteiger partial charge in [-0.2, -0.15) is 0 Å². The van der Waals surface area contributed by atoms with E-state index in [0.717, 1.165) is 18.8 Å². The zero-order chi connectivity index (χ0) is 15.1. The summed E-state index contributed by atoms with van der Waals surface area (Å²) in [5.74, 6) is 0.854. The van der Waals surface area contributed by atoms with Crippen LogP contribution in [0.1, 0.15) is 31.2 Å². The summed E-state index contributed by atoms with van der Waals surface area (Å²) in [6.07, 6.45) is 5.04. The highest BCUT2D eigenvalue weighted by Gasteiger charge is 2.21. The Balaban J connectivity index is 1.79. The fraction of sp³-hybridized carbons (Fsp3) is 0.562. The molecule has 116 valence electrons. The van der Waals surface area contributed by atoms with Gasteiger partial charge in [-0.1, -0.05) is 12.8 Å². The lowest BCUT2D eigenvalue weighted by molar-refractivity contribution is 0.129. The highest BCUT2D eigenvalue weighted by atomic mass is 16.5. The van der Waals surface area contributed by atoms with E-state index in [0.29, 0.717) is 18.2 Å². The third kappa shape index (κ3) is 4.72. The van der Waals surface area contributed by atoms with Crippen LogP contribution in [0.15, 0.2) is 24.3 Å². The molecule has 1 aromatic carbocycles. The molecule has 4 N–H and O–H groups in total. The first-order valence-electron chi connectivity index (χ1n) is 7.63. The summed E-state index contributed by atoms with van der Waals surface area (Å²) >= 11 is 0. The lowest BCUT2D eigenvalue weighted by Gasteiger charge is -2.27. The van der Waals surface area contributed by atoms with Crippen molar-refractivity contribution in [2.75, 3.05) is 26.3 Å². The number of aliphatic hydroxyl groups excluding tert-OH is 1. The minimum absolute atomic E-state index is 0.0666. The molecule has 0 saturated heterocycles. The van der Waals surface area contributed by atoms with Gasteiger partial charge in [-0.25, -0.2) is 0 Å². The molecule has 0 heterocycles. The highest BCUT2D eigenvalue weighted by Crippen LogP contribution is 2.23. The molecule has 0 amide bonds. The van der Waals surface area contributed by atoms with E-state index in [1.165, 1.54) is 25.7 Å². The van der Waals surface area contributed by atoms with E-state index in [-0.39, 0.29) is 12.4 Å². The third-order valence-electron chi connectivity index (χ3n) is 4.04. The van der Waals surface area contributed by atoms with Gasteiger partial charge in [0.15, 0.2) is 0 Å². The van der Waals surface area contributed by atoms with E-state index in [1.54, 1.807) is 12.1 Å². The molecule has 0 spiro atoms. The second-order valence-corrected chi connectivity index (χ2v) is 5.48. The topological polar surface area (TPSA) is 82.6 Å². The molecule has 5 heteroatoms. The summed E-state index contributed by atoms with van der Waals surface area (Å²) < 4.78 is 5.74. The zero-order valence-corrected chi connectivity index (χ0v) is 12.4. The molecule has 1 aliphatic carbocycles. The number of nitrogen functional groups attached to an aromatic ring is 1. The molecule has 1 aliphatic rings. The van der Waals surface area contributed by atoms with Gasteiger partial charge in [0.25, 0.3) is 0 Å². The monoisotopic (exact) mass is 291 g/mol. The van der Waals surface area contributed by atoms with Crippen molar-refractivity contribution in [1.29, 1.82) is 5.41 Å². The Hall–Kier alpha value is -1.59. The number of ether oxygens (including phenoxy) is 1. The summed E-state index contributed by atoms with van der Waals surface area (Å²) in [6.45, 7) is 2.36. The molecule has 0 bridgehead atoms. The van der Waals surface area contributed by atoms with E-state index in [4.69, 9.17) is 15.9 Å². The Morgan fingerprint density at radius 3 is 2.48 bits per heavy atom. The van der Waals surface area contributed by atoms with Crippen molar-refractivity contribution in [3.8, 4) is 5.75 Å². The van der Waals surface area contributed by atoms with Crippen LogP contribution in [0.5, 0.6) is 5.75 Å². The van der Waals surface area contributed by atoms with Crippen LogP contribution in [0.2, 0.25) is 0 Å². The van der Waals surface area contributed by atoms with Crippen molar-refractivity contribution < 1.29 is 9.84 Å². The first kappa shape index (κ1) is 15.8. The van der Waals surface area contributed by atoms with Gasteiger partial charge < -0.3 is 15.6 Å². The predicted molar refractivity (Wildman–Crippen MR) is 83.9 cm³/mol. The maximum Gasteiger partial charge on any atom is 0.122 e. The average molecular weight is 291 g/mol. The Bertz CT molecular complexity index is 441. The van der Waals surface area contributed by atoms with E-state index < -0.39 is 0 Å². The van der Waals surface area contributed by atoms with Crippen LogP contribution in [-0.2, 0) is 0 Å². The lowest BCUT2D eigenvalue weighted by atomic mass is 10.2. The number of nitrogens with one attached hydrogen (secondary N) is 1. The molecular formula is C16H25N3O2. The van der Waals surface area contributed by atoms with Gasteiger partial charge in [0.1, 0.15) is 18.2 Å². The number of hydrogen-bond acceptors (Lipinski definition) is 4. The molecule has 0 atom stereocenters. The van der Waals surface area contributed by atoms with Crippen LogP contribution in [-0.4, -0.2) is 48.2 Å². The van der Waals surface area contributed by atoms with Gasteiger partial charge in [0.2, 0.25) is 0 Å². The summed E-state index contributed by atoms with van der Waals surface area (Å²) in [5.41, 5.74) is 6.12. The zero-order valence-electron chi connectivity index (χ0n) is 12.4. The summed E-state index contributed by atoms with van der Waals surface area (Å²) in [7, 11) is 0. The molecule has 1 saturated carbocycles. The smallest absolute Gasteiger partial charge is 0.122 e. The molecule has 1 aromatic rings. The second-order valence-electron chi connectivity index (χ2n) is 5.48. The summed E-state index contributed by atoms with van der Waals surface area (Å²) in [4.78, 5) is 2.33. The Kier molecular flexibility index (Phi) is 6.02. The maximum absolute atomic E-state index is 9.18. The van der Waals surface area contributed by atoms with E-state index in [1.807, 2.05) is 12.1 Å². The van der Waals surface area contributed by atoms with Gasteiger partial charge in [-0.3, -0.25) is 10.3 Å².